The number of halogens is 1. The third kappa shape index (κ3) is 2.96. The van der Waals surface area contributed by atoms with Gasteiger partial charge in [0.05, 0.1) is 16.4 Å². The van der Waals surface area contributed by atoms with Crippen molar-refractivity contribution < 1.29 is 13.3 Å². The first-order valence-corrected chi connectivity index (χ1v) is 8.70. The quantitative estimate of drug-likeness (QED) is 0.829. The molecule has 1 heterocycles. The van der Waals surface area contributed by atoms with Gasteiger partial charge in [0.1, 0.15) is 5.82 Å². The highest BCUT2D eigenvalue weighted by Crippen LogP contribution is 2.40. The summed E-state index contributed by atoms with van der Waals surface area (Å²) in [5.41, 5.74) is -0.0514. The van der Waals surface area contributed by atoms with Crippen molar-refractivity contribution >= 4 is 10.8 Å². The van der Waals surface area contributed by atoms with Crippen LogP contribution in [0.15, 0.2) is 29.2 Å². The van der Waals surface area contributed by atoms with Crippen LogP contribution in [0.3, 0.4) is 0 Å². The molecule has 1 aliphatic heterocycles. The standard InChI is InChI=1S/C16H21FO2S/c17-13-5-4-6-14(11-13)20(18)15-7-10-19-16(12-15)8-2-1-3-9-16/h4-6,11,15H,1-3,7-10,12H2. The summed E-state index contributed by atoms with van der Waals surface area (Å²) < 4.78 is 32.0. The number of rotatable bonds is 2. The lowest BCUT2D eigenvalue weighted by molar-refractivity contribution is -0.0975. The highest BCUT2D eigenvalue weighted by atomic mass is 32.2. The van der Waals surface area contributed by atoms with Crippen molar-refractivity contribution in [2.75, 3.05) is 6.61 Å². The molecule has 4 heteroatoms. The van der Waals surface area contributed by atoms with E-state index < -0.39 is 10.8 Å². The second kappa shape index (κ2) is 5.94. The van der Waals surface area contributed by atoms with Crippen LogP contribution in [0.2, 0.25) is 0 Å². The molecule has 0 N–H and O–H groups in total. The molecule has 0 aromatic heterocycles. The van der Waals surface area contributed by atoms with Gasteiger partial charge in [-0.15, -0.1) is 0 Å². The molecule has 1 aromatic carbocycles. The second-order valence-corrected chi connectivity index (χ2v) is 7.69. The summed E-state index contributed by atoms with van der Waals surface area (Å²) in [6, 6.07) is 6.20. The predicted octanol–water partition coefficient (Wildman–Crippen LogP) is 3.82. The topological polar surface area (TPSA) is 26.3 Å². The van der Waals surface area contributed by atoms with Gasteiger partial charge in [-0.05, 0) is 43.9 Å². The molecule has 20 heavy (non-hydrogen) atoms. The Morgan fingerprint density at radius 1 is 1.25 bits per heavy atom. The van der Waals surface area contributed by atoms with Crippen LogP contribution in [0.5, 0.6) is 0 Å². The number of benzene rings is 1. The fourth-order valence-corrected chi connectivity index (χ4v) is 5.09. The van der Waals surface area contributed by atoms with Crippen LogP contribution in [0.1, 0.15) is 44.9 Å². The van der Waals surface area contributed by atoms with Gasteiger partial charge in [0.25, 0.3) is 0 Å². The van der Waals surface area contributed by atoms with Crippen molar-refractivity contribution in [1.82, 2.24) is 0 Å². The Labute approximate surface area is 122 Å². The molecule has 0 bridgehead atoms. The predicted molar refractivity (Wildman–Crippen MR) is 77.6 cm³/mol. The van der Waals surface area contributed by atoms with E-state index in [1.165, 1.54) is 31.4 Å². The molecule has 2 nitrogen and oxygen atoms in total. The van der Waals surface area contributed by atoms with E-state index in [4.69, 9.17) is 4.74 Å². The van der Waals surface area contributed by atoms with Gasteiger partial charge in [-0.3, -0.25) is 4.21 Å². The molecular weight excluding hydrogens is 275 g/mol. The fraction of sp³-hybridized carbons (Fsp3) is 0.625. The molecule has 1 saturated heterocycles. The van der Waals surface area contributed by atoms with Gasteiger partial charge in [-0.2, -0.15) is 0 Å². The third-order valence-electron chi connectivity index (χ3n) is 4.54. The number of hydrogen-bond acceptors (Lipinski definition) is 2. The molecule has 2 unspecified atom stereocenters. The lowest BCUT2D eigenvalue weighted by Crippen LogP contribution is -2.44. The molecule has 1 aliphatic carbocycles. The first-order chi connectivity index (χ1) is 9.69. The Kier molecular flexibility index (Phi) is 4.22. The zero-order valence-corrected chi connectivity index (χ0v) is 12.5. The van der Waals surface area contributed by atoms with Crippen LogP contribution in [0.4, 0.5) is 4.39 Å². The minimum atomic E-state index is -1.13. The lowest BCUT2D eigenvalue weighted by Gasteiger charge is -2.43. The molecule has 110 valence electrons. The number of hydrogen-bond donors (Lipinski definition) is 0. The monoisotopic (exact) mass is 296 g/mol. The van der Waals surface area contributed by atoms with Crippen molar-refractivity contribution in [2.24, 2.45) is 0 Å². The van der Waals surface area contributed by atoms with Crippen molar-refractivity contribution in [1.29, 1.82) is 0 Å². The third-order valence-corrected chi connectivity index (χ3v) is 6.27. The normalized spacial score (nSPS) is 27.4. The SMILES string of the molecule is O=S(c1cccc(F)c1)C1CCOC2(CCCCC2)C1. The largest absolute Gasteiger partial charge is 0.375 e. The minimum absolute atomic E-state index is 0.0514. The average molecular weight is 296 g/mol. The summed E-state index contributed by atoms with van der Waals surface area (Å²) >= 11 is 0. The van der Waals surface area contributed by atoms with E-state index >= 15 is 0 Å². The summed E-state index contributed by atoms with van der Waals surface area (Å²) in [6.07, 6.45) is 7.54. The van der Waals surface area contributed by atoms with Crippen LogP contribution in [-0.4, -0.2) is 21.7 Å². The van der Waals surface area contributed by atoms with E-state index in [2.05, 4.69) is 0 Å². The molecule has 2 fully saturated rings. The van der Waals surface area contributed by atoms with Crippen LogP contribution < -0.4 is 0 Å². The van der Waals surface area contributed by atoms with Gasteiger partial charge in [-0.25, -0.2) is 4.39 Å². The van der Waals surface area contributed by atoms with Crippen LogP contribution >= 0.6 is 0 Å². The molecule has 3 rings (SSSR count). The molecule has 0 amide bonds. The smallest absolute Gasteiger partial charge is 0.124 e. The highest BCUT2D eigenvalue weighted by molar-refractivity contribution is 7.85. The highest BCUT2D eigenvalue weighted by Gasteiger charge is 2.40. The van der Waals surface area contributed by atoms with Gasteiger partial charge in [0.2, 0.25) is 0 Å². The zero-order valence-electron chi connectivity index (χ0n) is 11.6. The minimum Gasteiger partial charge on any atom is -0.375 e. The molecule has 1 saturated carbocycles. The van der Waals surface area contributed by atoms with Crippen molar-refractivity contribution in [2.45, 2.75) is 60.7 Å². The molecule has 1 spiro atoms. The van der Waals surface area contributed by atoms with E-state index in [1.807, 2.05) is 0 Å². The van der Waals surface area contributed by atoms with Crippen molar-refractivity contribution in [3.8, 4) is 0 Å². The first-order valence-electron chi connectivity index (χ1n) is 7.49. The summed E-state index contributed by atoms with van der Waals surface area (Å²) in [4.78, 5) is 0.614. The van der Waals surface area contributed by atoms with Gasteiger partial charge >= 0.3 is 0 Å². The Morgan fingerprint density at radius 2 is 2.05 bits per heavy atom. The molecule has 1 aromatic rings. The molecule has 2 aliphatic rings. The summed E-state index contributed by atoms with van der Waals surface area (Å²) in [7, 11) is -1.13. The lowest BCUT2D eigenvalue weighted by atomic mass is 9.80. The van der Waals surface area contributed by atoms with E-state index in [9.17, 15) is 8.60 Å². The summed E-state index contributed by atoms with van der Waals surface area (Å²) in [5.74, 6) is -0.310. The molecule has 2 atom stereocenters. The van der Waals surface area contributed by atoms with Crippen molar-refractivity contribution in [3.05, 3.63) is 30.1 Å². The van der Waals surface area contributed by atoms with E-state index in [0.29, 0.717) is 11.5 Å². The summed E-state index contributed by atoms with van der Waals surface area (Å²) in [6.45, 7) is 0.686. The van der Waals surface area contributed by atoms with Crippen molar-refractivity contribution in [3.63, 3.8) is 0 Å². The van der Waals surface area contributed by atoms with E-state index in [-0.39, 0.29) is 16.7 Å². The number of ether oxygens (including phenoxy) is 1. The van der Waals surface area contributed by atoms with E-state index in [1.54, 1.807) is 12.1 Å². The second-order valence-electron chi connectivity index (χ2n) is 5.96. The van der Waals surface area contributed by atoms with Gasteiger partial charge in [0, 0.05) is 16.8 Å². The average Bonchev–Trinajstić information content (AvgIpc) is 2.47. The maximum atomic E-state index is 13.3. The zero-order chi connectivity index (χ0) is 14.0. The maximum Gasteiger partial charge on any atom is 0.124 e. The van der Waals surface area contributed by atoms with Crippen LogP contribution in [0.25, 0.3) is 0 Å². The maximum absolute atomic E-state index is 13.3. The van der Waals surface area contributed by atoms with Gasteiger partial charge in [-0.1, -0.05) is 25.3 Å². The van der Waals surface area contributed by atoms with Gasteiger partial charge < -0.3 is 4.74 Å². The first kappa shape index (κ1) is 14.2. The Morgan fingerprint density at radius 3 is 2.80 bits per heavy atom. The fourth-order valence-electron chi connectivity index (χ4n) is 3.49. The van der Waals surface area contributed by atoms with Crippen LogP contribution in [0, 0.1) is 5.82 Å². The van der Waals surface area contributed by atoms with E-state index in [0.717, 1.165) is 25.7 Å². The van der Waals surface area contributed by atoms with Gasteiger partial charge in [0.15, 0.2) is 0 Å². The Balaban J connectivity index is 1.74. The molecule has 0 radical (unpaired) electrons. The van der Waals surface area contributed by atoms with Crippen LogP contribution in [-0.2, 0) is 15.5 Å². The Hall–Kier alpha value is -0.740. The Bertz CT molecular complexity index is 491. The summed E-state index contributed by atoms with van der Waals surface area (Å²) in [5, 5.41) is 0.101. The molecular formula is C16H21FO2S.